The number of benzene rings is 2. The third-order valence-electron chi connectivity index (χ3n) is 4.76. The summed E-state index contributed by atoms with van der Waals surface area (Å²) >= 11 is 1.56. The number of aryl methyl sites for hydroxylation is 1. The molecule has 4 rings (SSSR count). The molecule has 0 aliphatic heterocycles. The fourth-order valence-corrected chi connectivity index (χ4v) is 3.92. The quantitative estimate of drug-likeness (QED) is 0.448. The molecule has 0 fully saturated rings. The van der Waals surface area contributed by atoms with E-state index in [9.17, 15) is 4.79 Å². The maximum Gasteiger partial charge on any atom is 0.246 e. The lowest BCUT2D eigenvalue weighted by Crippen LogP contribution is -2.30. The Bertz CT molecular complexity index is 1070. The van der Waals surface area contributed by atoms with Crippen LogP contribution in [0.5, 0.6) is 0 Å². The summed E-state index contributed by atoms with van der Waals surface area (Å²) in [6.07, 6.45) is 1.16. The number of amides is 1. The molecule has 0 saturated heterocycles. The molecule has 6 heteroatoms. The van der Waals surface area contributed by atoms with E-state index in [4.69, 9.17) is 4.52 Å². The van der Waals surface area contributed by atoms with Crippen LogP contribution in [-0.2, 0) is 17.8 Å². The average Bonchev–Trinajstić information content (AvgIpc) is 3.42. The second kappa shape index (κ2) is 8.35. The van der Waals surface area contributed by atoms with Gasteiger partial charge < -0.3 is 9.42 Å². The lowest BCUT2D eigenvalue weighted by molar-refractivity contribution is -0.131. The molecule has 1 amide bonds. The normalized spacial score (nSPS) is 11.0. The summed E-state index contributed by atoms with van der Waals surface area (Å²) < 4.78 is 5.34. The smallest absolute Gasteiger partial charge is 0.246 e. The Morgan fingerprint density at radius 3 is 2.79 bits per heavy atom. The highest BCUT2D eigenvalue weighted by atomic mass is 32.1. The lowest BCUT2D eigenvalue weighted by Gasteiger charge is -2.19. The Morgan fingerprint density at radius 2 is 1.96 bits per heavy atom. The van der Waals surface area contributed by atoms with Gasteiger partial charge in [0.05, 0.1) is 11.4 Å². The van der Waals surface area contributed by atoms with E-state index in [0.717, 1.165) is 4.88 Å². The zero-order valence-corrected chi connectivity index (χ0v) is 16.5. The maximum atomic E-state index is 12.8. The molecule has 0 aliphatic carbocycles. The largest absolute Gasteiger partial charge is 0.337 e. The zero-order valence-electron chi connectivity index (χ0n) is 15.7. The summed E-state index contributed by atoms with van der Waals surface area (Å²) in [6, 6.07) is 18.4. The summed E-state index contributed by atoms with van der Waals surface area (Å²) in [5, 5.41) is 8.40. The molecule has 0 aliphatic rings. The summed E-state index contributed by atoms with van der Waals surface area (Å²) in [6.45, 7) is 2.90. The van der Waals surface area contributed by atoms with E-state index in [1.165, 1.54) is 16.3 Å². The molecule has 0 N–H and O–H groups in total. The third kappa shape index (κ3) is 3.97. The van der Waals surface area contributed by atoms with Crippen molar-refractivity contribution in [1.82, 2.24) is 15.0 Å². The van der Waals surface area contributed by atoms with Gasteiger partial charge in [0.25, 0.3) is 0 Å². The Labute approximate surface area is 167 Å². The zero-order chi connectivity index (χ0) is 19.3. The van der Waals surface area contributed by atoms with Crippen LogP contribution in [0.4, 0.5) is 0 Å². The second-order valence-electron chi connectivity index (χ2n) is 6.54. The van der Waals surface area contributed by atoms with Gasteiger partial charge in [-0.05, 0) is 41.1 Å². The van der Waals surface area contributed by atoms with Crippen molar-refractivity contribution in [3.8, 4) is 10.7 Å². The molecule has 2 heterocycles. The molecule has 5 nitrogen and oxygen atoms in total. The van der Waals surface area contributed by atoms with Crippen molar-refractivity contribution in [2.24, 2.45) is 0 Å². The average molecular weight is 391 g/mol. The molecule has 0 atom stereocenters. The van der Waals surface area contributed by atoms with Gasteiger partial charge in [0.15, 0.2) is 0 Å². The van der Waals surface area contributed by atoms with Gasteiger partial charge in [0.2, 0.25) is 17.6 Å². The molecular weight excluding hydrogens is 370 g/mol. The number of carbonyl (C=O) groups excluding carboxylic acids is 1. The molecule has 0 unspecified atom stereocenters. The van der Waals surface area contributed by atoms with Crippen LogP contribution in [0.25, 0.3) is 21.5 Å². The van der Waals surface area contributed by atoms with E-state index in [1.807, 2.05) is 42.6 Å². The van der Waals surface area contributed by atoms with E-state index in [1.54, 1.807) is 16.2 Å². The predicted molar refractivity (Wildman–Crippen MR) is 111 cm³/mol. The molecule has 28 heavy (non-hydrogen) atoms. The molecular formula is C22H21N3O2S. The predicted octanol–water partition coefficient (Wildman–Crippen LogP) is 4.93. The van der Waals surface area contributed by atoms with E-state index in [-0.39, 0.29) is 5.91 Å². The lowest BCUT2D eigenvalue weighted by atomic mass is 10.0. The van der Waals surface area contributed by atoms with Crippen LogP contribution in [0.1, 0.15) is 24.8 Å². The number of rotatable bonds is 7. The van der Waals surface area contributed by atoms with Gasteiger partial charge in [-0.15, -0.1) is 11.3 Å². The summed E-state index contributed by atoms with van der Waals surface area (Å²) in [5.41, 5.74) is 1.19. The minimum Gasteiger partial charge on any atom is -0.337 e. The monoisotopic (exact) mass is 391 g/mol. The number of hydrogen-bond acceptors (Lipinski definition) is 5. The van der Waals surface area contributed by atoms with Gasteiger partial charge in [-0.2, -0.15) is 4.98 Å². The molecule has 0 radical (unpaired) electrons. The van der Waals surface area contributed by atoms with E-state index in [0.29, 0.717) is 37.6 Å². The second-order valence-corrected chi connectivity index (χ2v) is 7.48. The van der Waals surface area contributed by atoms with Crippen LogP contribution in [0.15, 0.2) is 64.5 Å². The molecule has 0 saturated carbocycles. The van der Waals surface area contributed by atoms with Crippen LogP contribution < -0.4 is 0 Å². The van der Waals surface area contributed by atoms with Crippen molar-refractivity contribution < 1.29 is 9.32 Å². The van der Waals surface area contributed by atoms with Crippen molar-refractivity contribution in [3.05, 3.63) is 71.4 Å². The number of hydrogen-bond donors (Lipinski definition) is 0. The van der Waals surface area contributed by atoms with Crippen molar-refractivity contribution >= 4 is 28.0 Å². The molecule has 0 spiro atoms. The highest BCUT2D eigenvalue weighted by Gasteiger charge is 2.17. The maximum absolute atomic E-state index is 12.8. The number of carbonyl (C=O) groups is 1. The SMILES string of the molecule is CCN(Cc1nc(-c2cccs2)no1)C(=O)CCc1cccc2ccccc12. The topological polar surface area (TPSA) is 59.2 Å². The van der Waals surface area contributed by atoms with Crippen LogP contribution in [0, 0.1) is 0 Å². The van der Waals surface area contributed by atoms with Crippen LogP contribution in [-0.4, -0.2) is 27.5 Å². The Hall–Kier alpha value is -2.99. The van der Waals surface area contributed by atoms with Crippen molar-refractivity contribution in [1.29, 1.82) is 0 Å². The van der Waals surface area contributed by atoms with E-state index in [2.05, 4.69) is 34.4 Å². The fourth-order valence-electron chi connectivity index (χ4n) is 3.27. The highest BCUT2D eigenvalue weighted by molar-refractivity contribution is 7.13. The van der Waals surface area contributed by atoms with Crippen molar-refractivity contribution in [2.75, 3.05) is 6.54 Å². The van der Waals surface area contributed by atoms with Gasteiger partial charge >= 0.3 is 0 Å². The molecule has 2 aromatic heterocycles. The number of fused-ring (bicyclic) bond motifs is 1. The van der Waals surface area contributed by atoms with Crippen molar-refractivity contribution in [2.45, 2.75) is 26.3 Å². The first-order chi connectivity index (χ1) is 13.7. The minimum absolute atomic E-state index is 0.0892. The van der Waals surface area contributed by atoms with Gasteiger partial charge in [-0.1, -0.05) is 53.7 Å². The summed E-state index contributed by atoms with van der Waals surface area (Å²) in [5.74, 6) is 1.12. The first kappa shape index (κ1) is 18.4. The van der Waals surface area contributed by atoms with Gasteiger partial charge in [-0.3, -0.25) is 4.79 Å². The number of thiophene rings is 1. The molecule has 4 aromatic rings. The Kier molecular flexibility index (Phi) is 5.48. The summed E-state index contributed by atoms with van der Waals surface area (Å²) in [7, 11) is 0. The molecule has 0 bridgehead atoms. The van der Waals surface area contributed by atoms with Crippen LogP contribution in [0.2, 0.25) is 0 Å². The Morgan fingerprint density at radius 1 is 1.11 bits per heavy atom. The summed E-state index contributed by atoms with van der Waals surface area (Å²) in [4.78, 5) is 19.9. The standard InChI is InChI=1S/C22H21N3O2S/c1-2-25(15-20-23-22(24-27-20)19-11-6-14-28-19)21(26)13-12-17-9-5-8-16-7-3-4-10-18(16)17/h3-11,14H,2,12-13,15H2,1H3. The highest BCUT2D eigenvalue weighted by Crippen LogP contribution is 2.22. The third-order valence-corrected chi connectivity index (χ3v) is 5.62. The first-order valence-corrected chi connectivity index (χ1v) is 10.2. The first-order valence-electron chi connectivity index (χ1n) is 9.35. The Balaban J connectivity index is 1.41. The van der Waals surface area contributed by atoms with Crippen LogP contribution in [0.3, 0.4) is 0 Å². The van der Waals surface area contributed by atoms with Gasteiger partial charge in [0.1, 0.15) is 0 Å². The minimum atomic E-state index is 0.0892. The van der Waals surface area contributed by atoms with E-state index >= 15 is 0 Å². The van der Waals surface area contributed by atoms with Gasteiger partial charge in [-0.25, -0.2) is 0 Å². The number of aromatic nitrogens is 2. The van der Waals surface area contributed by atoms with Crippen LogP contribution >= 0.6 is 11.3 Å². The molecule has 142 valence electrons. The van der Waals surface area contributed by atoms with Gasteiger partial charge in [0, 0.05) is 13.0 Å². The molecule has 2 aromatic carbocycles. The van der Waals surface area contributed by atoms with E-state index < -0.39 is 0 Å². The fraction of sp³-hybridized carbons (Fsp3) is 0.227. The number of nitrogens with zero attached hydrogens (tertiary/aromatic N) is 3. The van der Waals surface area contributed by atoms with Crippen molar-refractivity contribution in [3.63, 3.8) is 0 Å².